The molecule has 7 heteroatoms. The minimum atomic E-state index is -0.262. The first kappa shape index (κ1) is 19.7. The average molecular weight is 404 g/mol. The predicted octanol–water partition coefficient (Wildman–Crippen LogP) is 3.62. The summed E-state index contributed by atoms with van der Waals surface area (Å²) in [6.45, 7) is 2.48. The smallest absolute Gasteiger partial charge is 0.270 e. The Morgan fingerprint density at radius 1 is 1.00 bits per heavy atom. The van der Waals surface area contributed by atoms with Gasteiger partial charge < -0.3 is 20.5 Å². The van der Waals surface area contributed by atoms with Crippen molar-refractivity contribution >= 4 is 40.0 Å². The Kier molecular flexibility index (Phi) is 5.52. The number of para-hydroxylation sites is 1. The number of benzene rings is 2. The highest BCUT2D eigenvalue weighted by Gasteiger charge is 2.29. The van der Waals surface area contributed by atoms with Gasteiger partial charge in [0.25, 0.3) is 5.91 Å². The quantitative estimate of drug-likeness (QED) is 0.620. The van der Waals surface area contributed by atoms with E-state index in [1.165, 1.54) is 6.92 Å². The topological polar surface area (TPSA) is 94.3 Å². The molecule has 1 aliphatic heterocycles. The van der Waals surface area contributed by atoms with Crippen molar-refractivity contribution in [1.29, 1.82) is 0 Å². The number of H-pyrrole nitrogens is 1. The number of hydrogen-bond acceptors (Lipinski definition) is 3. The van der Waals surface area contributed by atoms with Gasteiger partial charge in [-0.25, -0.2) is 0 Å². The molecule has 0 unspecified atom stereocenters. The van der Waals surface area contributed by atoms with Crippen LogP contribution in [0.5, 0.6) is 0 Å². The lowest BCUT2D eigenvalue weighted by Crippen LogP contribution is -2.43. The van der Waals surface area contributed by atoms with E-state index in [2.05, 4.69) is 15.6 Å². The Balaban J connectivity index is 1.39. The average Bonchev–Trinajstić information content (AvgIpc) is 3.18. The number of aromatic amines is 1. The van der Waals surface area contributed by atoms with Crippen LogP contribution in [0.25, 0.3) is 10.9 Å². The molecule has 3 amide bonds. The number of likely N-dealkylation sites (tertiary alicyclic amines) is 1. The first-order chi connectivity index (χ1) is 14.5. The van der Waals surface area contributed by atoms with Gasteiger partial charge in [0.1, 0.15) is 5.69 Å². The number of carbonyl (C=O) groups is 3. The van der Waals surface area contributed by atoms with E-state index >= 15 is 0 Å². The molecule has 3 N–H and O–H groups in total. The Morgan fingerprint density at radius 2 is 1.70 bits per heavy atom. The lowest BCUT2D eigenvalue weighted by molar-refractivity contribution is -0.121. The number of nitrogens with zero attached hydrogens (tertiary/aromatic N) is 1. The maximum absolute atomic E-state index is 12.9. The second-order valence-corrected chi connectivity index (χ2v) is 7.61. The maximum Gasteiger partial charge on any atom is 0.270 e. The van der Waals surface area contributed by atoms with Crippen molar-refractivity contribution in [3.63, 3.8) is 0 Å². The molecule has 1 fully saturated rings. The van der Waals surface area contributed by atoms with Gasteiger partial charge in [-0.1, -0.05) is 18.2 Å². The van der Waals surface area contributed by atoms with Crippen molar-refractivity contribution in [3.8, 4) is 0 Å². The number of amides is 3. The van der Waals surface area contributed by atoms with Gasteiger partial charge in [0.2, 0.25) is 11.8 Å². The van der Waals surface area contributed by atoms with Gasteiger partial charge in [-0.15, -0.1) is 0 Å². The highest BCUT2D eigenvalue weighted by Crippen LogP contribution is 2.23. The summed E-state index contributed by atoms with van der Waals surface area (Å²) in [4.78, 5) is 41.7. The SMILES string of the molecule is CC(=O)Nc1ccc(NC(=O)[C@H]2CCCN(C(=O)c3cc4ccccc4[nH]3)C2)cc1. The molecule has 0 spiro atoms. The van der Waals surface area contributed by atoms with Crippen LogP contribution in [0.4, 0.5) is 11.4 Å². The molecule has 0 bridgehead atoms. The molecule has 0 aliphatic carbocycles. The number of carbonyl (C=O) groups excluding carboxylic acids is 3. The van der Waals surface area contributed by atoms with Crippen LogP contribution in [-0.2, 0) is 9.59 Å². The normalized spacial score (nSPS) is 16.3. The molecule has 1 atom stereocenters. The van der Waals surface area contributed by atoms with Crippen LogP contribution in [0.3, 0.4) is 0 Å². The van der Waals surface area contributed by atoms with Crippen molar-refractivity contribution < 1.29 is 14.4 Å². The van der Waals surface area contributed by atoms with E-state index in [0.29, 0.717) is 30.2 Å². The van der Waals surface area contributed by atoms with Crippen LogP contribution in [0.2, 0.25) is 0 Å². The van der Waals surface area contributed by atoms with E-state index in [1.54, 1.807) is 29.2 Å². The molecule has 1 aliphatic rings. The highest BCUT2D eigenvalue weighted by atomic mass is 16.2. The van der Waals surface area contributed by atoms with Gasteiger partial charge in [0, 0.05) is 42.3 Å². The summed E-state index contributed by atoms with van der Waals surface area (Å²) < 4.78 is 0. The lowest BCUT2D eigenvalue weighted by atomic mass is 9.96. The number of fused-ring (bicyclic) bond motifs is 1. The van der Waals surface area contributed by atoms with Crippen LogP contribution in [0.15, 0.2) is 54.6 Å². The molecule has 1 aromatic heterocycles. The Labute approximate surface area is 174 Å². The second kappa shape index (κ2) is 8.41. The summed E-state index contributed by atoms with van der Waals surface area (Å²) >= 11 is 0. The highest BCUT2D eigenvalue weighted by molar-refractivity contribution is 5.99. The third-order valence-electron chi connectivity index (χ3n) is 5.31. The summed E-state index contributed by atoms with van der Waals surface area (Å²) in [5, 5.41) is 6.60. The van der Waals surface area contributed by atoms with Gasteiger partial charge >= 0.3 is 0 Å². The van der Waals surface area contributed by atoms with Crippen molar-refractivity contribution in [1.82, 2.24) is 9.88 Å². The van der Waals surface area contributed by atoms with Crippen molar-refractivity contribution in [2.45, 2.75) is 19.8 Å². The van der Waals surface area contributed by atoms with Gasteiger partial charge in [-0.2, -0.15) is 0 Å². The van der Waals surface area contributed by atoms with E-state index in [9.17, 15) is 14.4 Å². The minimum absolute atomic E-state index is 0.0802. The number of anilines is 2. The summed E-state index contributed by atoms with van der Waals surface area (Å²) in [5.41, 5.74) is 2.81. The third kappa shape index (κ3) is 4.35. The number of nitrogens with one attached hydrogen (secondary N) is 3. The maximum atomic E-state index is 12.9. The molecule has 3 aromatic rings. The fourth-order valence-electron chi connectivity index (χ4n) is 3.82. The van der Waals surface area contributed by atoms with Crippen LogP contribution < -0.4 is 10.6 Å². The number of aromatic nitrogens is 1. The van der Waals surface area contributed by atoms with Crippen molar-refractivity contribution in [2.24, 2.45) is 5.92 Å². The lowest BCUT2D eigenvalue weighted by Gasteiger charge is -2.31. The van der Waals surface area contributed by atoms with Gasteiger partial charge in [-0.05, 0) is 49.2 Å². The van der Waals surface area contributed by atoms with E-state index < -0.39 is 0 Å². The zero-order chi connectivity index (χ0) is 21.1. The first-order valence-corrected chi connectivity index (χ1v) is 10.0. The van der Waals surface area contributed by atoms with Crippen molar-refractivity contribution in [3.05, 3.63) is 60.3 Å². The van der Waals surface area contributed by atoms with E-state index in [4.69, 9.17) is 0 Å². The molecule has 4 rings (SSSR count). The molecular formula is C23H24N4O3. The molecule has 30 heavy (non-hydrogen) atoms. The minimum Gasteiger partial charge on any atom is -0.351 e. The largest absolute Gasteiger partial charge is 0.351 e. The fraction of sp³-hybridized carbons (Fsp3) is 0.261. The van der Waals surface area contributed by atoms with Crippen LogP contribution in [-0.4, -0.2) is 40.7 Å². The molecule has 7 nitrogen and oxygen atoms in total. The monoisotopic (exact) mass is 404 g/mol. The Bertz CT molecular complexity index is 1050. The molecule has 0 radical (unpaired) electrons. The first-order valence-electron chi connectivity index (χ1n) is 10.0. The predicted molar refractivity (Wildman–Crippen MR) is 116 cm³/mol. The Hall–Kier alpha value is -3.61. The van der Waals surface area contributed by atoms with Gasteiger partial charge in [-0.3, -0.25) is 14.4 Å². The van der Waals surface area contributed by atoms with E-state index in [1.807, 2.05) is 30.3 Å². The Morgan fingerprint density at radius 3 is 2.40 bits per heavy atom. The van der Waals surface area contributed by atoms with E-state index in [0.717, 1.165) is 23.7 Å². The standard InChI is InChI=1S/C23H24N4O3/c1-15(28)24-18-8-10-19(11-9-18)25-22(29)17-6-4-12-27(14-17)23(30)21-13-16-5-2-3-7-20(16)26-21/h2-3,5,7-11,13,17,26H,4,6,12,14H2,1H3,(H,24,28)(H,25,29)/t17-/m0/s1. The molecule has 154 valence electrons. The van der Waals surface area contributed by atoms with Crippen LogP contribution in [0, 0.1) is 5.92 Å². The summed E-state index contributed by atoms with van der Waals surface area (Å²) in [7, 11) is 0. The molecule has 2 heterocycles. The number of rotatable bonds is 4. The van der Waals surface area contributed by atoms with E-state index in [-0.39, 0.29) is 23.6 Å². The zero-order valence-electron chi connectivity index (χ0n) is 16.8. The van der Waals surface area contributed by atoms with Crippen LogP contribution in [0.1, 0.15) is 30.3 Å². The summed E-state index contributed by atoms with van der Waals surface area (Å²) in [5.74, 6) is -0.587. The van der Waals surface area contributed by atoms with Crippen molar-refractivity contribution in [2.75, 3.05) is 23.7 Å². The van der Waals surface area contributed by atoms with Crippen LogP contribution >= 0.6 is 0 Å². The van der Waals surface area contributed by atoms with Gasteiger partial charge in [0.15, 0.2) is 0 Å². The van der Waals surface area contributed by atoms with Gasteiger partial charge in [0.05, 0.1) is 5.92 Å². The molecule has 1 saturated heterocycles. The number of piperidine rings is 1. The molecular weight excluding hydrogens is 380 g/mol. The molecule has 2 aromatic carbocycles. The summed E-state index contributed by atoms with van der Waals surface area (Å²) in [6, 6.07) is 16.6. The third-order valence-corrected chi connectivity index (χ3v) is 5.31. The number of hydrogen-bond donors (Lipinski definition) is 3. The zero-order valence-corrected chi connectivity index (χ0v) is 16.8. The summed E-state index contributed by atoms with van der Waals surface area (Å²) in [6.07, 6.45) is 1.53. The molecule has 0 saturated carbocycles. The fourth-order valence-corrected chi connectivity index (χ4v) is 3.82. The second-order valence-electron chi connectivity index (χ2n) is 7.61.